The highest BCUT2D eigenvalue weighted by Gasteiger charge is 2.33. The number of aliphatic carboxylic acids is 2. The van der Waals surface area contributed by atoms with Gasteiger partial charge in [-0.25, -0.2) is 4.79 Å². The van der Waals surface area contributed by atoms with E-state index in [0.29, 0.717) is 6.42 Å². The lowest BCUT2D eigenvalue weighted by Gasteiger charge is -2.26. The summed E-state index contributed by atoms with van der Waals surface area (Å²) in [5.41, 5.74) is 5.73. The Kier molecular flexibility index (Phi) is 11.5. The molecule has 0 fully saturated rings. The molecule has 0 saturated heterocycles. The molecule has 5 atom stereocenters. The molecule has 0 bridgehead atoms. The maximum absolute atomic E-state index is 12.5. The molecule has 0 aliphatic rings. The van der Waals surface area contributed by atoms with Crippen molar-refractivity contribution < 1.29 is 44.4 Å². The van der Waals surface area contributed by atoms with Crippen LogP contribution in [0.1, 0.15) is 33.6 Å². The lowest BCUT2D eigenvalue weighted by molar-refractivity contribution is -0.144. The summed E-state index contributed by atoms with van der Waals surface area (Å²) < 4.78 is 0. The Bertz CT molecular complexity index is 639. The van der Waals surface area contributed by atoms with Gasteiger partial charge in [0, 0.05) is 0 Å². The highest BCUT2D eigenvalue weighted by atomic mass is 16.4. The zero-order valence-electron chi connectivity index (χ0n) is 17.0. The van der Waals surface area contributed by atoms with Crippen molar-refractivity contribution in [3.05, 3.63) is 0 Å². The third kappa shape index (κ3) is 9.62. The number of aliphatic hydroxyl groups is 2. The van der Waals surface area contributed by atoms with Crippen molar-refractivity contribution in [1.82, 2.24) is 16.0 Å². The molecular weight excluding hydrogens is 404 g/mol. The van der Waals surface area contributed by atoms with Crippen molar-refractivity contribution in [2.24, 2.45) is 11.7 Å². The van der Waals surface area contributed by atoms with E-state index in [9.17, 15) is 29.1 Å². The van der Waals surface area contributed by atoms with Gasteiger partial charge in [-0.15, -0.1) is 0 Å². The Morgan fingerprint density at radius 1 is 0.867 bits per heavy atom. The zero-order valence-corrected chi connectivity index (χ0v) is 17.0. The van der Waals surface area contributed by atoms with Gasteiger partial charge < -0.3 is 42.1 Å². The molecule has 0 spiro atoms. The molecule has 172 valence electrons. The third-order valence-corrected chi connectivity index (χ3v) is 3.93. The van der Waals surface area contributed by atoms with Gasteiger partial charge in [0.25, 0.3) is 0 Å². The molecule has 0 aromatic carbocycles. The summed E-state index contributed by atoms with van der Waals surface area (Å²) in [6.45, 7) is 3.89. The highest BCUT2D eigenvalue weighted by Crippen LogP contribution is 2.05. The first-order valence-corrected chi connectivity index (χ1v) is 9.20. The van der Waals surface area contributed by atoms with Gasteiger partial charge >= 0.3 is 11.9 Å². The molecule has 13 heteroatoms. The zero-order chi connectivity index (χ0) is 23.6. The van der Waals surface area contributed by atoms with Gasteiger partial charge in [-0.05, 0) is 19.3 Å². The van der Waals surface area contributed by atoms with Crippen molar-refractivity contribution in [2.45, 2.75) is 63.9 Å². The maximum atomic E-state index is 12.5. The fourth-order valence-corrected chi connectivity index (χ4v) is 2.38. The van der Waals surface area contributed by atoms with Gasteiger partial charge in [-0.1, -0.05) is 13.8 Å². The Balaban J connectivity index is 5.35. The van der Waals surface area contributed by atoms with Crippen LogP contribution in [0.2, 0.25) is 0 Å². The van der Waals surface area contributed by atoms with Crippen molar-refractivity contribution in [2.75, 3.05) is 6.61 Å². The van der Waals surface area contributed by atoms with Crippen LogP contribution in [0.5, 0.6) is 0 Å². The first-order valence-electron chi connectivity index (χ1n) is 9.20. The number of nitrogens with one attached hydrogen (secondary N) is 3. The van der Waals surface area contributed by atoms with Crippen LogP contribution < -0.4 is 21.7 Å². The van der Waals surface area contributed by atoms with E-state index in [1.54, 1.807) is 0 Å². The molecule has 0 aliphatic carbocycles. The average Bonchev–Trinajstić information content (AvgIpc) is 2.61. The molecule has 13 nitrogen and oxygen atoms in total. The van der Waals surface area contributed by atoms with E-state index in [-0.39, 0.29) is 5.92 Å². The molecule has 30 heavy (non-hydrogen) atoms. The standard InChI is InChI=1S/C17H30N4O9/c1-7(2)4-9(18)14(26)21-13(8(3)23)16(28)19-10(5-12(24)25)15(27)20-11(6-22)17(29)30/h7-11,13,22-23H,4-6,18H2,1-3H3,(H,19,28)(H,20,27)(H,21,26)(H,24,25)(H,29,30). The second-order valence-electron chi connectivity index (χ2n) is 7.20. The quantitative estimate of drug-likeness (QED) is 0.144. The van der Waals surface area contributed by atoms with Crippen LogP contribution in [-0.4, -0.2) is 87.0 Å². The van der Waals surface area contributed by atoms with Gasteiger partial charge in [0.1, 0.15) is 18.1 Å². The Morgan fingerprint density at radius 3 is 1.80 bits per heavy atom. The smallest absolute Gasteiger partial charge is 0.328 e. The van der Waals surface area contributed by atoms with E-state index in [1.165, 1.54) is 6.92 Å². The number of aliphatic hydroxyl groups excluding tert-OH is 2. The van der Waals surface area contributed by atoms with Crippen LogP contribution in [0.3, 0.4) is 0 Å². The molecule has 9 N–H and O–H groups in total. The number of amides is 3. The summed E-state index contributed by atoms with van der Waals surface area (Å²) >= 11 is 0. The second-order valence-corrected chi connectivity index (χ2v) is 7.20. The number of hydrogen-bond acceptors (Lipinski definition) is 8. The van der Waals surface area contributed by atoms with Gasteiger partial charge in [-0.2, -0.15) is 0 Å². The minimum absolute atomic E-state index is 0.0851. The monoisotopic (exact) mass is 434 g/mol. The number of carbonyl (C=O) groups excluding carboxylic acids is 3. The van der Waals surface area contributed by atoms with E-state index in [1.807, 2.05) is 19.2 Å². The van der Waals surface area contributed by atoms with E-state index >= 15 is 0 Å². The van der Waals surface area contributed by atoms with Crippen molar-refractivity contribution in [3.63, 3.8) is 0 Å². The fourth-order valence-electron chi connectivity index (χ4n) is 2.38. The molecular formula is C17H30N4O9. The molecule has 0 aromatic rings. The van der Waals surface area contributed by atoms with Crippen LogP contribution >= 0.6 is 0 Å². The van der Waals surface area contributed by atoms with E-state index < -0.39 is 73.0 Å². The van der Waals surface area contributed by atoms with E-state index in [4.69, 9.17) is 21.1 Å². The number of hydrogen-bond donors (Lipinski definition) is 8. The predicted molar refractivity (Wildman–Crippen MR) is 102 cm³/mol. The van der Waals surface area contributed by atoms with E-state index in [0.717, 1.165) is 0 Å². The Morgan fingerprint density at radius 2 is 1.40 bits per heavy atom. The van der Waals surface area contributed by atoms with Crippen molar-refractivity contribution in [3.8, 4) is 0 Å². The van der Waals surface area contributed by atoms with Gasteiger partial charge in [0.2, 0.25) is 17.7 Å². The molecule has 3 amide bonds. The van der Waals surface area contributed by atoms with Crippen LogP contribution in [0.15, 0.2) is 0 Å². The average molecular weight is 434 g/mol. The maximum Gasteiger partial charge on any atom is 0.328 e. The molecule has 0 radical (unpaired) electrons. The molecule has 0 aliphatic heterocycles. The molecule has 5 unspecified atom stereocenters. The van der Waals surface area contributed by atoms with Crippen molar-refractivity contribution >= 4 is 29.7 Å². The largest absolute Gasteiger partial charge is 0.481 e. The number of rotatable bonds is 13. The lowest BCUT2D eigenvalue weighted by Crippen LogP contribution is -2.60. The van der Waals surface area contributed by atoms with Crippen LogP contribution in [-0.2, 0) is 24.0 Å². The summed E-state index contributed by atoms with van der Waals surface area (Å²) in [6, 6.07) is -5.95. The number of carboxylic acids is 2. The second kappa shape index (κ2) is 12.7. The fraction of sp³-hybridized carbons (Fsp3) is 0.706. The van der Waals surface area contributed by atoms with Gasteiger partial charge in [-0.3, -0.25) is 19.2 Å². The number of carboxylic acid groups (broad SMARTS) is 2. The normalized spacial score (nSPS) is 16.0. The SMILES string of the molecule is CC(C)CC(N)C(=O)NC(C(=O)NC(CC(=O)O)C(=O)NC(CO)C(=O)O)C(C)O. The Labute approximate surface area is 173 Å². The predicted octanol–water partition coefficient (Wildman–Crippen LogP) is -3.25. The van der Waals surface area contributed by atoms with Gasteiger partial charge in [0.15, 0.2) is 0 Å². The summed E-state index contributed by atoms with van der Waals surface area (Å²) in [5, 5.41) is 42.8. The first kappa shape index (κ1) is 27.2. The van der Waals surface area contributed by atoms with Crippen LogP contribution in [0.25, 0.3) is 0 Å². The van der Waals surface area contributed by atoms with Crippen molar-refractivity contribution in [1.29, 1.82) is 0 Å². The van der Waals surface area contributed by atoms with Crippen LogP contribution in [0.4, 0.5) is 0 Å². The number of nitrogens with two attached hydrogens (primary N) is 1. The number of carbonyl (C=O) groups is 5. The van der Waals surface area contributed by atoms with E-state index in [2.05, 4.69) is 10.6 Å². The summed E-state index contributed by atoms with van der Waals surface area (Å²) in [4.78, 5) is 58.8. The minimum atomic E-state index is -1.73. The molecule has 0 heterocycles. The summed E-state index contributed by atoms with van der Waals surface area (Å²) in [7, 11) is 0. The topological polar surface area (TPSA) is 228 Å². The van der Waals surface area contributed by atoms with Crippen LogP contribution in [0, 0.1) is 5.92 Å². The first-order chi connectivity index (χ1) is 13.8. The Hall–Kier alpha value is -2.77. The van der Waals surface area contributed by atoms with Gasteiger partial charge in [0.05, 0.1) is 25.2 Å². The minimum Gasteiger partial charge on any atom is -0.481 e. The molecule has 0 aromatic heterocycles. The summed E-state index contributed by atoms with van der Waals surface area (Å²) in [5.74, 6) is -5.95. The molecule has 0 saturated carbocycles. The molecule has 0 rings (SSSR count). The highest BCUT2D eigenvalue weighted by molar-refractivity contribution is 5.95. The third-order valence-electron chi connectivity index (χ3n) is 3.93. The summed E-state index contributed by atoms with van der Waals surface area (Å²) in [6.07, 6.45) is -2.03. The lowest BCUT2D eigenvalue weighted by atomic mass is 10.0.